The van der Waals surface area contributed by atoms with Crippen LogP contribution in [0.1, 0.15) is 36.0 Å². The maximum atomic E-state index is 13.5. The summed E-state index contributed by atoms with van der Waals surface area (Å²) in [7, 11) is 0. The van der Waals surface area contributed by atoms with Gasteiger partial charge in [-0.3, -0.25) is 9.59 Å². The SMILES string of the molecule is Nc1nccc(C(=O)NCCCC(=O)NC2CC2)c1F. The van der Waals surface area contributed by atoms with E-state index >= 15 is 0 Å². The Kier molecular flexibility index (Phi) is 4.49. The van der Waals surface area contributed by atoms with Crippen LogP contribution in [0.2, 0.25) is 0 Å². The molecule has 0 spiro atoms. The summed E-state index contributed by atoms with van der Waals surface area (Å²) < 4.78 is 13.5. The lowest BCUT2D eigenvalue weighted by Crippen LogP contribution is -2.29. The van der Waals surface area contributed by atoms with Gasteiger partial charge in [-0.25, -0.2) is 9.37 Å². The van der Waals surface area contributed by atoms with E-state index in [1.807, 2.05) is 0 Å². The lowest BCUT2D eigenvalue weighted by molar-refractivity contribution is -0.121. The summed E-state index contributed by atoms with van der Waals surface area (Å²) >= 11 is 0. The minimum absolute atomic E-state index is 0.0129. The van der Waals surface area contributed by atoms with E-state index in [4.69, 9.17) is 5.73 Å². The number of rotatable bonds is 6. The largest absolute Gasteiger partial charge is 0.381 e. The zero-order chi connectivity index (χ0) is 14.5. The average Bonchev–Trinajstić information content (AvgIpc) is 3.21. The molecule has 0 saturated heterocycles. The van der Waals surface area contributed by atoms with Gasteiger partial charge < -0.3 is 16.4 Å². The van der Waals surface area contributed by atoms with Crippen molar-refractivity contribution in [1.29, 1.82) is 0 Å². The summed E-state index contributed by atoms with van der Waals surface area (Å²) in [6.45, 7) is 0.304. The third-order valence-corrected chi connectivity index (χ3v) is 2.97. The van der Waals surface area contributed by atoms with Gasteiger partial charge in [-0.2, -0.15) is 0 Å². The van der Waals surface area contributed by atoms with E-state index in [1.165, 1.54) is 12.3 Å². The van der Waals surface area contributed by atoms with Gasteiger partial charge in [0.25, 0.3) is 5.91 Å². The van der Waals surface area contributed by atoms with Crippen LogP contribution in [0.15, 0.2) is 12.3 Å². The third-order valence-electron chi connectivity index (χ3n) is 2.97. The van der Waals surface area contributed by atoms with Crippen LogP contribution < -0.4 is 16.4 Å². The second-order valence-electron chi connectivity index (χ2n) is 4.76. The van der Waals surface area contributed by atoms with E-state index in [-0.39, 0.29) is 17.3 Å². The Bertz CT molecular complexity index is 517. The molecule has 6 nitrogen and oxygen atoms in total. The minimum atomic E-state index is -0.823. The molecule has 1 fully saturated rings. The van der Waals surface area contributed by atoms with Crippen molar-refractivity contribution in [3.05, 3.63) is 23.6 Å². The van der Waals surface area contributed by atoms with Crippen molar-refractivity contribution in [2.75, 3.05) is 12.3 Å². The van der Waals surface area contributed by atoms with Crippen LogP contribution in [0, 0.1) is 5.82 Å². The molecule has 1 saturated carbocycles. The lowest BCUT2D eigenvalue weighted by atomic mass is 10.2. The van der Waals surface area contributed by atoms with Gasteiger partial charge in [0.2, 0.25) is 5.91 Å². The average molecular weight is 280 g/mol. The van der Waals surface area contributed by atoms with E-state index in [0.717, 1.165) is 12.8 Å². The molecule has 7 heteroatoms. The maximum Gasteiger partial charge on any atom is 0.254 e. The summed E-state index contributed by atoms with van der Waals surface area (Å²) in [5, 5.41) is 5.40. The van der Waals surface area contributed by atoms with Gasteiger partial charge in [0.1, 0.15) is 0 Å². The summed E-state index contributed by atoms with van der Waals surface area (Å²) in [6.07, 6.45) is 4.22. The van der Waals surface area contributed by atoms with Gasteiger partial charge >= 0.3 is 0 Å². The molecular formula is C13H17FN4O2. The summed E-state index contributed by atoms with van der Waals surface area (Å²) in [6, 6.07) is 1.60. The highest BCUT2D eigenvalue weighted by atomic mass is 19.1. The van der Waals surface area contributed by atoms with Crippen molar-refractivity contribution in [2.45, 2.75) is 31.7 Å². The number of aromatic nitrogens is 1. The Morgan fingerprint density at radius 3 is 2.90 bits per heavy atom. The smallest absolute Gasteiger partial charge is 0.254 e. The number of amides is 2. The Morgan fingerprint density at radius 2 is 2.20 bits per heavy atom. The number of pyridine rings is 1. The number of halogens is 1. The maximum absolute atomic E-state index is 13.5. The van der Waals surface area contributed by atoms with Crippen LogP contribution in [0.3, 0.4) is 0 Å². The molecule has 0 aromatic carbocycles. The molecule has 20 heavy (non-hydrogen) atoms. The molecular weight excluding hydrogens is 263 g/mol. The van der Waals surface area contributed by atoms with E-state index < -0.39 is 11.7 Å². The zero-order valence-electron chi connectivity index (χ0n) is 11.0. The van der Waals surface area contributed by atoms with Crippen LogP contribution in [-0.2, 0) is 4.79 Å². The molecule has 1 aromatic heterocycles. The normalized spacial score (nSPS) is 13.8. The van der Waals surface area contributed by atoms with E-state index in [9.17, 15) is 14.0 Å². The number of nitrogens with two attached hydrogens (primary N) is 1. The molecule has 1 aromatic rings. The van der Waals surface area contributed by atoms with Gasteiger partial charge in [-0.1, -0.05) is 0 Å². The van der Waals surface area contributed by atoms with Crippen molar-refractivity contribution in [3.63, 3.8) is 0 Å². The fourth-order valence-corrected chi connectivity index (χ4v) is 1.71. The molecule has 0 unspecified atom stereocenters. The number of carbonyl (C=O) groups excluding carboxylic acids is 2. The van der Waals surface area contributed by atoms with Gasteiger partial charge in [0.05, 0.1) is 5.56 Å². The number of hydrogen-bond acceptors (Lipinski definition) is 4. The highest BCUT2D eigenvalue weighted by Crippen LogP contribution is 2.18. The Balaban J connectivity index is 1.71. The molecule has 1 aliphatic carbocycles. The number of nitrogen functional groups attached to an aromatic ring is 1. The highest BCUT2D eigenvalue weighted by Gasteiger charge is 2.22. The predicted octanol–water partition coefficient (Wildman–Crippen LogP) is 0.591. The Labute approximate surface area is 115 Å². The minimum Gasteiger partial charge on any atom is -0.381 e. The van der Waals surface area contributed by atoms with Crippen molar-refractivity contribution >= 4 is 17.6 Å². The molecule has 0 bridgehead atoms. The fourth-order valence-electron chi connectivity index (χ4n) is 1.71. The predicted molar refractivity (Wildman–Crippen MR) is 71.3 cm³/mol. The van der Waals surface area contributed by atoms with E-state index in [1.54, 1.807) is 0 Å². The van der Waals surface area contributed by atoms with Crippen molar-refractivity contribution in [2.24, 2.45) is 0 Å². The number of hydrogen-bond donors (Lipinski definition) is 3. The molecule has 2 rings (SSSR count). The monoisotopic (exact) mass is 280 g/mol. The van der Waals surface area contributed by atoms with Gasteiger partial charge in [0.15, 0.2) is 11.6 Å². The Morgan fingerprint density at radius 1 is 1.45 bits per heavy atom. The van der Waals surface area contributed by atoms with Crippen LogP contribution in [0.4, 0.5) is 10.2 Å². The van der Waals surface area contributed by atoms with Crippen LogP contribution in [-0.4, -0.2) is 29.4 Å². The molecule has 4 N–H and O–H groups in total. The van der Waals surface area contributed by atoms with E-state index in [2.05, 4.69) is 15.6 Å². The first-order valence-corrected chi connectivity index (χ1v) is 6.55. The standard InChI is InChI=1S/C13H17FN4O2/c14-11-9(5-7-16-12(11)15)13(20)17-6-1-2-10(19)18-8-3-4-8/h5,7-8H,1-4,6H2,(H2,15,16)(H,17,20)(H,18,19). The molecule has 0 atom stereocenters. The second kappa shape index (κ2) is 6.31. The first-order valence-electron chi connectivity index (χ1n) is 6.55. The topological polar surface area (TPSA) is 97.1 Å². The number of nitrogens with zero attached hydrogens (tertiary/aromatic N) is 1. The fraction of sp³-hybridized carbons (Fsp3) is 0.462. The molecule has 0 aliphatic heterocycles. The van der Waals surface area contributed by atoms with Crippen LogP contribution >= 0.6 is 0 Å². The van der Waals surface area contributed by atoms with Gasteiger partial charge in [-0.05, 0) is 25.3 Å². The first-order chi connectivity index (χ1) is 9.58. The van der Waals surface area contributed by atoms with E-state index in [0.29, 0.717) is 25.4 Å². The third kappa shape index (κ3) is 3.91. The Hall–Kier alpha value is -2.18. The quantitative estimate of drug-likeness (QED) is 0.664. The summed E-state index contributed by atoms with van der Waals surface area (Å²) in [4.78, 5) is 26.7. The molecule has 2 amide bonds. The molecule has 108 valence electrons. The van der Waals surface area contributed by atoms with Crippen molar-refractivity contribution in [1.82, 2.24) is 15.6 Å². The molecule has 1 aliphatic rings. The van der Waals surface area contributed by atoms with Crippen molar-refractivity contribution < 1.29 is 14.0 Å². The summed E-state index contributed by atoms with van der Waals surface area (Å²) in [5.74, 6) is -1.70. The van der Waals surface area contributed by atoms with Gasteiger partial charge in [0, 0.05) is 25.2 Å². The number of anilines is 1. The van der Waals surface area contributed by atoms with Crippen LogP contribution in [0.25, 0.3) is 0 Å². The molecule has 0 radical (unpaired) electrons. The first kappa shape index (κ1) is 14.2. The van der Waals surface area contributed by atoms with Crippen molar-refractivity contribution in [3.8, 4) is 0 Å². The zero-order valence-corrected chi connectivity index (χ0v) is 11.0. The molecule has 1 heterocycles. The van der Waals surface area contributed by atoms with Gasteiger partial charge in [-0.15, -0.1) is 0 Å². The highest BCUT2D eigenvalue weighted by molar-refractivity contribution is 5.95. The number of nitrogens with one attached hydrogen (secondary N) is 2. The summed E-state index contributed by atoms with van der Waals surface area (Å²) in [5.41, 5.74) is 5.15. The van der Waals surface area contributed by atoms with Crippen LogP contribution in [0.5, 0.6) is 0 Å². The lowest BCUT2D eigenvalue weighted by Gasteiger charge is -2.07. The second-order valence-corrected chi connectivity index (χ2v) is 4.76. The number of carbonyl (C=O) groups is 2.